The predicted octanol–water partition coefficient (Wildman–Crippen LogP) is 3.78. The number of hydrogen-bond acceptors (Lipinski definition) is 5. The summed E-state index contributed by atoms with van der Waals surface area (Å²) in [5.41, 5.74) is 0. The van der Waals surface area contributed by atoms with Gasteiger partial charge < -0.3 is 5.32 Å². The number of rotatable bonds is 3. The quantitative estimate of drug-likeness (QED) is 0.877. The molecule has 2 aromatic heterocycles. The van der Waals surface area contributed by atoms with Crippen molar-refractivity contribution in [3.63, 3.8) is 0 Å². The first-order valence-electron chi connectivity index (χ1n) is 5.14. The molecule has 0 saturated heterocycles. The van der Waals surface area contributed by atoms with Gasteiger partial charge in [0, 0.05) is 17.6 Å². The molecule has 0 aliphatic heterocycles. The van der Waals surface area contributed by atoms with Gasteiger partial charge in [-0.05, 0) is 6.92 Å². The molecule has 0 bridgehead atoms. The molecule has 0 aliphatic carbocycles. The third-order valence-corrected chi connectivity index (χ3v) is 3.29. The summed E-state index contributed by atoms with van der Waals surface area (Å²) in [4.78, 5) is 10.6. The van der Waals surface area contributed by atoms with Gasteiger partial charge in [-0.25, -0.2) is 15.0 Å². The van der Waals surface area contributed by atoms with Crippen LogP contribution in [0.4, 0.5) is 19.0 Å². The Labute approximate surface area is 115 Å². The molecule has 0 aromatic carbocycles. The maximum absolute atomic E-state index is 12.5. The molecular weight excluding hydrogens is 301 g/mol. The van der Waals surface area contributed by atoms with Gasteiger partial charge in [0.25, 0.3) is 0 Å². The molecule has 0 aliphatic rings. The van der Waals surface area contributed by atoms with Gasteiger partial charge in [-0.15, -0.1) is 11.3 Å². The molecule has 1 unspecified atom stereocenters. The SMILES string of the molecule is CC(Nc1cc(Cl)nc(C(F)(F)F)n1)c1nccs1. The molecule has 1 atom stereocenters. The van der Waals surface area contributed by atoms with E-state index in [2.05, 4.69) is 20.3 Å². The van der Waals surface area contributed by atoms with Crippen LogP contribution in [0, 0.1) is 0 Å². The maximum atomic E-state index is 12.5. The van der Waals surface area contributed by atoms with Crippen LogP contribution in [0.3, 0.4) is 0 Å². The molecule has 4 nitrogen and oxygen atoms in total. The van der Waals surface area contributed by atoms with E-state index in [0.29, 0.717) is 0 Å². The number of hydrogen-bond donors (Lipinski definition) is 1. The fraction of sp³-hybridized carbons (Fsp3) is 0.300. The van der Waals surface area contributed by atoms with E-state index in [1.165, 1.54) is 17.4 Å². The second-order valence-corrected chi connectivity index (χ2v) is 4.95. The van der Waals surface area contributed by atoms with Crippen molar-refractivity contribution in [2.45, 2.75) is 19.1 Å². The lowest BCUT2D eigenvalue weighted by atomic mass is 10.3. The van der Waals surface area contributed by atoms with Gasteiger partial charge in [0.2, 0.25) is 5.82 Å². The van der Waals surface area contributed by atoms with E-state index in [-0.39, 0.29) is 17.0 Å². The Morgan fingerprint density at radius 2 is 2.11 bits per heavy atom. The van der Waals surface area contributed by atoms with Gasteiger partial charge in [0.1, 0.15) is 16.0 Å². The Kier molecular flexibility index (Phi) is 3.91. The Hall–Kier alpha value is -1.41. The van der Waals surface area contributed by atoms with Crippen LogP contribution in [0.25, 0.3) is 0 Å². The Balaban J connectivity index is 2.23. The van der Waals surface area contributed by atoms with Gasteiger partial charge in [-0.2, -0.15) is 13.2 Å². The highest BCUT2D eigenvalue weighted by molar-refractivity contribution is 7.09. The van der Waals surface area contributed by atoms with Crippen LogP contribution in [0.15, 0.2) is 17.6 Å². The lowest BCUT2D eigenvalue weighted by Gasteiger charge is -2.13. The summed E-state index contributed by atoms with van der Waals surface area (Å²) in [7, 11) is 0. The third-order valence-electron chi connectivity index (χ3n) is 2.13. The molecule has 19 heavy (non-hydrogen) atoms. The van der Waals surface area contributed by atoms with E-state index in [0.717, 1.165) is 5.01 Å². The Bertz CT molecular complexity index is 558. The number of aromatic nitrogens is 3. The minimum atomic E-state index is -4.63. The number of nitrogens with one attached hydrogen (secondary N) is 1. The van der Waals surface area contributed by atoms with Crippen molar-refractivity contribution in [3.8, 4) is 0 Å². The summed E-state index contributed by atoms with van der Waals surface area (Å²) in [5, 5.41) is 5.06. The standard InChI is InChI=1S/C10H8ClF3N4S/c1-5(8-15-2-3-19-8)16-7-4-6(11)17-9(18-7)10(12,13)14/h2-5H,1H3,(H,16,17,18). The molecule has 1 N–H and O–H groups in total. The number of nitrogens with zero attached hydrogens (tertiary/aromatic N) is 3. The second-order valence-electron chi connectivity index (χ2n) is 3.63. The smallest absolute Gasteiger partial charge is 0.361 e. The summed E-state index contributed by atoms with van der Waals surface area (Å²) in [6.07, 6.45) is -3.02. The largest absolute Gasteiger partial charge is 0.451 e. The summed E-state index contributed by atoms with van der Waals surface area (Å²) in [6, 6.07) is 0.966. The van der Waals surface area contributed by atoms with Crippen LogP contribution in [0.5, 0.6) is 0 Å². The van der Waals surface area contributed by atoms with Crippen molar-refractivity contribution < 1.29 is 13.2 Å². The van der Waals surface area contributed by atoms with Gasteiger partial charge >= 0.3 is 6.18 Å². The minimum absolute atomic E-state index is 0.00928. The molecule has 0 radical (unpaired) electrons. The highest BCUT2D eigenvalue weighted by Crippen LogP contribution is 2.29. The van der Waals surface area contributed by atoms with E-state index in [1.54, 1.807) is 18.5 Å². The van der Waals surface area contributed by atoms with Crippen LogP contribution in [-0.4, -0.2) is 15.0 Å². The van der Waals surface area contributed by atoms with Crippen molar-refractivity contribution in [2.75, 3.05) is 5.32 Å². The Morgan fingerprint density at radius 1 is 1.37 bits per heavy atom. The van der Waals surface area contributed by atoms with Crippen molar-refractivity contribution in [1.29, 1.82) is 0 Å². The number of thiazole rings is 1. The molecule has 9 heteroatoms. The molecule has 102 valence electrons. The highest BCUT2D eigenvalue weighted by Gasteiger charge is 2.35. The zero-order chi connectivity index (χ0) is 14.0. The zero-order valence-electron chi connectivity index (χ0n) is 9.57. The van der Waals surface area contributed by atoms with E-state index in [4.69, 9.17) is 11.6 Å². The van der Waals surface area contributed by atoms with Crippen LogP contribution in [-0.2, 0) is 6.18 Å². The number of halogens is 4. The topological polar surface area (TPSA) is 50.7 Å². The van der Waals surface area contributed by atoms with Crippen molar-refractivity contribution >= 4 is 28.8 Å². The molecule has 0 spiro atoms. The van der Waals surface area contributed by atoms with E-state index < -0.39 is 12.0 Å². The number of alkyl halides is 3. The van der Waals surface area contributed by atoms with Gasteiger partial charge in [0.15, 0.2) is 0 Å². The van der Waals surface area contributed by atoms with Crippen LogP contribution in [0.2, 0.25) is 5.15 Å². The lowest BCUT2D eigenvalue weighted by Crippen LogP contribution is -2.14. The van der Waals surface area contributed by atoms with Gasteiger partial charge in [0.05, 0.1) is 6.04 Å². The summed E-state index contributed by atoms with van der Waals surface area (Å²) in [5.74, 6) is -1.26. The lowest BCUT2D eigenvalue weighted by molar-refractivity contribution is -0.144. The molecule has 0 saturated carbocycles. The molecular formula is C10H8ClF3N4S. The fourth-order valence-electron chi connectivity index (χ4n) is 1.35. The van der Waals surface area contributed by atoms with E-state index in [9.17, 15) is 13.2 Å². The first kappa shape index (κ1) is 14.0. The molecule has 2 heterocycles. The molecule has 0 amide bonds. The predicted molar refractivity (Wildman–Crippen MR) is 66.2 cm³/mol. The zero-order valence-corrected chi connectivity index (χ0v) is 11.1. The average Bonchev–Trinajstić information content (AvgIpc) is 2.80. The number of anilines is 1. The first-order valence-corrected chi connectivity index (χ1v) is 6.39. The molecule has 2 rings (SSSR count). The summed E-state index contributed by atoms with van der Waals surface area (Å²) < 4.78 is 37.6. The fourth-order valence-corrected chi connectivity index (χ4v) is 2.18. The van der Waals surface area contributed by atoms with Gasteiger partial charge in [-0.1, -0.05) is 11.6 Å². The Morgan fingerprint density at radius 3 is 2.68 bits per heavy atom. The van der Waals surface area contributed by atoms with E-state index >= 15 is 0 Å². The maximum Gasteiger partial charge on any atom is 0.451 e. The second kappa shape index (κ2) is 5.30. The third kappa shape index (κ3) is 3.54. The summed E-state index contributed by atoms with van der Waals surface area (Å²) in [6.45, 7) is 1.77. The van der Waals surface area contributed by atoms with Crippen molar-refractivity contribution in [3.05, 3.63) is 33.6 Å². The van der Waals surface area contributed by atoms with Crippen LogP contribution >= 0.6 is 22.9 Å². The first-order chi connectivity index (χ1) is 8.86. The summed E-state index contributed by atoms with van der Waals surface area (Å²) >= 11 is 6.95. The van der Waals surface area contributed by atoms with Gasteiger partial charge in [-0.3, -0.25) is 0 Å². The van der Waals surface area contributed by atoms with Crippen molar-refractivity contribution in [1.82, 2.24) is 15.0 Å². The van der Waals surface area contributed by atoms with Crippen LogP contribution in [0.1, 0.15) is 23.8 Å². The minimum Gasteiger partial charge on any atom is -0.361 e. The van der Waals surface area contributed by atoms with Crippen molar-refractivity contribution in [2.24, 2.45) is 0 Å². The molecule has 0 fully saturated rings. The monoisotopic (exact) mass is 308 g/mol. The normalized spacial score (nSPS) is 13.3. The average molecular weight is 309 g/mol. The highest BCUT2D eigenvalue weighted by atomic mass is 35.5. The van der Waals surface area contributed by atoms with Crippen LogP contribution < -0.4 is 5.32 Å². The van der Waals surface area contributed by atoms with E-state index in [1.807, 2.05) is 0 Å². The molecule has 2 aromatic rings.